The van der Waals surface area contributed by atoms with Gasteiger partial charge in [0.25, 0.3) is 0 Å². The highest BCUT2D eigenvalue weighted by atomic mass is 79.9. The molecule has 0 spiro atoms. The second-order valence-corrected chi connectivity index (χ2v) is 8.56. The van der Waals surface area contributed by atoms with Gasteiger partial charge in [-0.2, -0.15) is 0 Å². The molecule has 0 aliphatic heterocycles. The van der Waals surface area contributed by atoms with Crippen LogP contribution in [0.4, 0.5) is 0 Å². The Morgan fingerprint density at radius 3 is 2.33 bits per heavy atom. The Morgan fingerprint density at radius 2 is 2.00 bits per heavy atom. The molecule has 0 bridgehead atoms. The van der Waals surface area contributed by atoms with Gasteiger partial charge in [-0.1, -0.05) is 55.1 Å². The van der Waals surface area contributed by atoms with E-state index in [1.54, 1.807) is 6.92 Å². The van der Waals surface area contributed by atoms with Crippen LogP contribution in [0.5, 0.6) is 0 Å². The van der Waals surface area contributed by atoms with Crippen molar-refractivity contribution < 1.29 is 18.5 Å². The molecule has 0 aliphatic carbocycles. The van der Waals surface area contributed by atoms with E-state index in [1.807, 2.05) is 0 Å². The molecule has 3 unspecified atom stereocenters. The van der Waals surface area contributed by atoms with Crippen LogP contribution < -0.4 is 0 Å². The Bertz CT molecular complexity index is 246. The topological polar surface area (TPSA) is 55.8 Å². The number of phosphoric acid groups is 1. The number of phosphoric ester groups is 1. The molecule has 0 heterocycles. The van der Waals surface area contributed by atoms with E-state index in [2.05, 4.69) is 36.4 Å². The van der Waals surface area contributed by atoms with E-state index < -0.39 is 17.2 Å². The summed E-state index contributed by atoms with van der Waals surface area (Å²) >= 11 is 17.4. The molecule has 0 saturated carbocycles. The lowest BCUT2D eigenvalue weighted by Gasteiger charge is -2.20. The maximum absolute atomic E-state index is 11.3. The fourth-order valence-electron chi connectivity index (χ4n) is 0.436. The zero-order valence-electron chi connectivity index (χ0n) is 7.99. The first-order valence-corrected chi connectivity index (χ1v) is 7.93. The molecule has 1 N–H and O–H groups in total. The van der Waals surface area contributed by atoms with Gasteiger partial charge < -0.3 is 4.89 Å². The molecule has 92 valence electrons. The minimum absolute atomic E-state index is 0.153. The van der Waals surface area contributed by atoms with Crippen LogP contribution in [0.2, 0.25) is 0 Å². The minimum atomic E-state index is -4.14. The summed E-state index contributed by atoms with van der Waals surface area (Å²) in [5.74, 6) is 0. The standard InChI is InChI=1S/C6H11Br2Cl2O4P/c1-4(7)5(8)14-15(11,12)13-3-6(2,9)10/h4-5H,3H2,1-2H3,(H,11,12). The highest BCUT2D eigenvalue weighted by Crippen LogP contribution is 2.47. The average molecular weight is 409 g/mol. The van der Waals surface area contributed by atoms with Crippen LogP contribution in [0.1, 0.15) is 13.8 Å². The van der Waals surface area contributed by atoms with Crippen molar-refractivity contribution in [1.82, 2.24) is 0 Å². The predicted octanol–water partition coefficient (Wildman–Crippen LogP) is 3.82. The fourth-order valence-corrected chi connectivity index (χ4v) is 2.53. The molecule has 0 amide bonds. The molecule has 0 rings (SSSR count). The van der Waals surface area contributed by atoms with Gasteiger partial charge in [-0.3, -0.25) is 9.05 Å². The van der Waals surface area contributed by atoms with E-state index in [0.717, 1.165) is 0 Å². The number of halogens is 4. The van der Waals surface area contributed by atoms with Crippen molar-refractivity contribution in [2.24, 2.45) is 0 Å². The Morgan fingerprint density at radius 1 is 1.53 bits per heavy atom. The molecule has 15 heavy (non-hydrogen) atoms. The van der Waals surface area contributed by atoms with Crippen molar-refractivity contribution >= 4 is 62.9 Å². The molecule has 3 atom stereocenters. The number of hydrogen-bond donors (Lipinski definition) is 1. The molecule has 0 aromatic heterocycles. The maximum Gasteiger partial charge on any atom is 0.473 e. The molecule has 0 fully saturated rings. The lowest BCUT2D eigenvalue weighted by atomic mass is 10.5. The second kappa shape index (κ2) is 6.55. The Hall–Kier alpha value is 1.65. The van der Waals surface area contributed by atoms with Crippen molar-refractivity contribution in [3.05, 3.63) is 0 Å². The van der Waals surface area contributed by atoms with Gasteiger partial charge in [-0.25, -0.2) is 4.57 Å². The van der Waals surface area contributed by atoms with Crippen molar-refractivity contribution in [3.8, 4) is 0 Å². The summed E-state index contributed by atoms with van der Waals surface area (Å²) < 4.78 is 19.4. The Kier molecular flexibility index (Phi) is 7.27. The van der Waals surface area contributed by atoms with Crippen molar-refractivity contribution in [1.29, 1.82) is 0 Å². The van der Waals surface area contributed by atoms with Gasteiger partial charge in [0.2, 0.25) is 0 Å². The van der Waals surface area contributed by atoms with Crippen LogP contribution in [0.3, 0.4) is 0 Å². The summed E-state index contributed by atoms with van der Waals surface area (Å²) in [6.07, 6.45) is 0. The van der Waals surface area contributed by atoms with Crippen LogP contribution in [-0.4, -0.2) is 25.7 Å². The van der Waals surface area contributed by atoms with Crippen LogP contribution in [-0.2, 0) is 13.6 Å². The fraction of sp³-hybridized carbons (Fsp3) is 1.00. The third kappa shape index (κ3) is 9.36. The first-order chi connectivity index (χ1) is 6.53. The number of hydrogen-bond acceptors (Lipinski definition) is 3. The van der Waals surface area contributed by atoms with E-state index in [-0.39, 0.29) is 11.4 Å². The third-order valence-electron chi connectivity index (χ3n) is 1.08. The van der Waals surface area contributed by atoms with Crippen LogP contribution in [0.25, 0.3) is 0 Å². The minimum Gasteiger partial charge on any atom is -0.302 e. The summed E-state index contributed by atoms with van der Waals surface area (Å²) in [6.45, 7) is 2.88. The predicted molar refractivity (Wildman–Crippen MR) is 68.1 cm³/mol. The Labute approximate surface area is 115 Å². The maximum atomic E-state index is 11.3. The molecule has 0 aliphatic rings. The van der Waals surface area contributed by atoms with Crippen LogP contribution in [0, 0.1) is 0 Å². The van der Waals surface area contributed by atoms with E-state index in [0.29, 0.717) is 0 Å². The monoisotopic (exact) mass is 406 g/mol. The summed E-state index contributed by atoms with van der Waals surface area (Å²) in [7, 11) is -4.14. The van der Waals surface area contributed by atoms with Gasteiger partial charge in [0.1, 0.15) is 9.35 Å². The third-order valence-corrected chi connectivity index (χ3v) is 4.70. The van der Waals surface area contributed by atoms with Crippen molar-refractivity contribution in [3.63, 3.8) is 0 Å². The SMILES string of the molecule is CC(Br)C(Br)OP(=O)(O)OCC(C)(Cl)Cl. The van der Waals surface area contributed by atoms with Gasteiger partial charge >= 0.3 is 7.82 Å². The highest BCUT2D eigenvalue weighted by molar-refractivity contribution is 9.12. The average Bonchev–Trinajstić information content (AvgIpc) is 1.99. The van der Waals surface area contributed by atoms with Crippen molar-refractivity contribution in [2.75, 3.05) is 6.61 Å². The smallest absolute Gasteiger partial charge is 0.302 e. The summed E-state index contributed by atoms with van der Waals surface area (Å²) in [5.41, 5.74) is 0. The molecule has 0 aromatic carbocycles. The molecule has 9 heteroatoms. The van der Waals surface area contributed by atoms with E-state index in [4.69, 9.17) is 27.7 Å². The van der Waals surface area contributed by atoms with Gasteiger partial charge in [-0.15, -0.1) is 0 Å². The zero-order chi connectivity index (χ0) is 12.3. The molecule has 0 aromatic rings. The van der Waals surface area contributed by atoms with E-state index in [9.17, 15) is 9.46 Å². The van der Waals surface area contributed by atoms with Gasteiger partial charge in [-0.05, 0) is 13.8 Å². The molecule has 0 saturated heterocycles. The molecule has 0 radical (unpaired) electrons. The highest BCUT2D eigenvalue weighted by Gasteiger charge is 2.30. The van der Waals surface area contributed by atoms with E-state index in [1.165, 1.54) is 6.92 Å². The van der Waals surface area contributed by atoms with E-state index >= 15 is 0 Å². The number of alkyl halides is 4. The van der Waals surface area contributed by atoms with Crippen LogP contribution in [0.15, 0.2) is 0 Å². The van der Waals surface area contributed by atoms with Crippen LogP contribution >= 0.6 is 62.9 Å². The second-order valence-electron chi connectivity index (χ2n) is 2.95. The van der Waals surface area contributed by atoms with Gasteiger partial charge in [0.15, 0.2) is 0 Å². The van der Waals surface area contributed by atoms with Crippen molar-refractivity contribution in [2.45, 2.75) is 28.0 Å². The quantitative estimate of drug-likeness (QED) is 0.536. The summed E-state index contributed by atoms with van der Waals surface area (Å²) in [5, 5.41) is -0.648. The normalized spacial score (nSPS) is 20.7. The molecular formula is C6H11Br2Cl2O4P. The largest absolute Gasteiger partial charge is 0.473 e. The summed E-state index contributed by atoms with van der Waals surface area (Å²) in [6, 6.07) is 0. The zero-order valence-corrected chi connectivity index (χ0v) is 13.6. The van der Waals surface area contributed by atoms with Gasteiger partial charge in [0, 0.05) is 4.83 Å². The van der Waals surface area contributed by atoms with Gasteiger partial charge in [0.05, 0.1) is 6.61 Å². The number of rotatable bonds is 6. The lowest BCUT2D eigenvalue weighted by molar-refractivity contribution is 0.140. The first-order valence-electron chi connectivity index (χ1n) is 3.85. The Balaban J connectivity index is 4.14. The first kappa shape index (κ1) is 16.6. The molecule has 4 nitrogen and oxygen atoms in total. The molecular weight excluding hydrogens is 398 g/mol. The summed E-state index contributed by atoms with van der Waals surface area (Å²) in [4.78, 5) is 9.09. The lowest BCUT2D eigenvalue weighted by Crippen LogP contribution is -2.18.